The van der Waals surface area contributed by atoms with Crippen molar-refractivity contribution in [2.45, 2.75) is 33.7 Å². The van der Waals surface area contributed by atoms with E-state index in [2.05, 4.69) is 21.1 Å². The fourth-order valence-corrected chi connectivity index (χ4v) is 2.83. The number of carbonyl (C=O) groups is 1. The molecule has 0 aliphatic heterocycles. The van der Waals surface area contributed by atoms with Crippen LogP contribution in [-0.4, -0.2) is 36.9 Å². The molecule has 3 rings (SSSR count). The average Bonchev–Trinajstić information content (AvgIpc) is 3.05. The molecule has 7 nitrogen and oxygen atoms in total. The molecule has 7 heteroatoms. The smallest absolute Gasteiger partial charge is 0.293 e. The molecule has 1 aromatic carbocycles. The van der Waals surface area contributed by atoms with Crippen LogP contribution in [0, 0.1) is 25.2 Å². The molecule has 0 saturated carbocycles. The van der Waals surface area contributed by atoms with Crippen molar-refractivity contribution in [3.8, 4) is 6.07 Å². The number of hydrogen-bond donors (Lipinski definition) is 0. The molecule has 0 radical (unpaired) electrons. The summed E-state index contributed by atoms with van der Waals surface area (Å²) in [5.74, 6) is 0.354. The third-order valence-electron chi connectivity index (χ3n) is 4.05. The maximum absolute atomic E-state index is 12.9. The van der Waals surface area contributed by atoms with Gasteiger partial charge in [-0.15, -0.1) is 5.10 Å². The summed E-state index contributed by atoms with van der Waals surface area (Å²) in [4.78, 5) is 23.3. The van der Waals surface area contributed by atoms with Crippen LogP contribution in [0.3, 0.4) is 0 Å². The van der Waals surface area contributed by atoms with Crippen molar-refractivity contribution in [3.63, 3.8) is 0 Å². The first kappa shape index (κ1) is 17.5. The van der Waals surface area contributed by atoms with Crippen molar-refractivity contribution >= 4 is 11.7 Å². The highest BCUT2D eigenvalue weighted by Gasteiger charge is 2.21. The zero-order valence-corrected chi connectivity index (χ0v) is 15.1. The van der Waals surface area contributed by atoms with Gasteiger partial charge in [-0.25, -0.2) is 9.50 Å². The third-order valence-corrected chi connectivity index (χ3v) is 4.05. The molecule has 2 heterocycles. The minimum Gasteiger partial charge on any atom is -0.332 e. The number of amides is 1. The Kier molecular flexibility index (Phi) is 4.94. The highest BCUT2D eigenvalue weighted by Crippen LogP contribution is 2.12. The van der Waals surface area contributed by atoms with Crippen LogP contribution in [-0.2, 0) is 6.54 Å². The number of carbonyl (C=O) groups excluding carboxylic acids is 1. The second kappa shape index (κ2) is 7.31. The lowest BCUT2D eigenvalue weighted by Crippen LogP contribution is -2.32. The number of fused-ring (bicyclic) bond motifs is 1. The Hall–Kier alpha value is -3.27. The van der Waals surface area contributed by atoms with Gasteiger partial charge in [-0.3, -0.25) is 4.79 Å². The van der Waals surface area contributed by atoms with Gasteiger partial charge in [0.1, 0.15) is 0 Å². The normalized spacial score (nSPS) is 10.7. The van der Waals surface area contributed by atoms with Crippen molar-refractivity contribution in [1.29, 1.82) is 5.26 Å². The van der Waals surface area contributed by atoms with Crippen LogP contribution in [0.5, 0.6) is 0 Å². The van der Waals surface area contributed by atoms with Crippen LogP contribution in [0.25, 0.3) is 5.78 Å². The maximum Gasteiger partial charge on any atom is 0.293 e. The van der Waals surface area contributed by atoms with Crippen molar-refractivity contribution < 1.29 is 4.79 Å². The Bertz CT molecular complexity index is 984. The fourth-order valence-electron chi connectivity index (χ4n) is 2.83. The standard InChI is InChI=1S/C19H20N6O/c1-4-9-24(12-16-7-5-15(11-20)6-8-16)18(26)17-22-19-21-13(2)10-14(3)25(19)23-17/h5-8,10H,4,9,12H2,1-3H3. The lowest BCUT2D eigenvalue weighted by atomic mass is 10.1. The topological polar surface area (TPSA) is 87.2 Å². The highest BCUT2D eigenvalue weighted by atomic mass is 16.2. The molecule has 0 fully saturated rings. The van der Waals surface area contributed by atoms with E-state index in [-0.39, 0.29) is 11.7 Å². The third kappa shape index (κ3) is 3.54. The zero-order valence-electron chi connectivity index (χ0n) is 15.1. The maximum atomic E-state index is 12.9. The predicted octanol–water partition coefficient (Wildman–Crippen LogP) is 2.67. The SMILES string of the molecule is CCCN(Cc1ccc(C#N)cc1)C(=O)c1nc2nc(C)cc(C)n2n1. The summed E-state index contributed by atoms with van der Waals surface area (Å²) in [5, 5.41) is 13.2. The van der Waals surface area contributed by atoms with E-state index in [1.54, 1.807) is 21.5 Å². The van der Waals surface area contributed by atoms with Gasteiger partial charge in [0.15, 0.2) is 0 Å². The van der Waals surface area contributed by atoms with E-state index >= 15 is 0 Å². The second-order valence-corrected chi connectivity index (χ2v) is 6.22. The summed E-state index contributed by atoms with van der Waals surface area (Å²) in [5.41, 5.74) is 3.28. The minimum atomic E-state index is -0.223. The van der Waals surface area contributed by atoms with Gasteiger partial charge in [-0.05, 0) is 44.0 Å². The Morgan fingerprint density at radius 1 is 1.23 bits per heavy atom. The van der Waals surface area contributed by atoms with Gasteiger partial charge in [-0.1, -0.05) is 19.1 Å². The number of hydrogen-bond acceptors (Lipinski definition) is 5. The van der Waals surface area contributed by atoms with Gasteiger partial charge in [0.25, 0.3) is 11.7 Å². The summed E-state index contributed by atoms with van der Waals surface area (Å²) in [6.45, 7) is 6.85. The van der Waals surface area contributed by atoms with Gasteiger partial charge >= 0.3 is 0 Å². The summed E-state index contributed by atoms with van der Waals surface area (Å²) < 4.78 is 1.59. The molecule has 132 valence electrons. The lowest BCUT2D eigenvalue weighted by Gasteiger charge is -2.20. The van der Waals surface area contributed by atoms with Crippen LogP contribution in [0.4, 0.5) is 0 Å². The molecule has 0 atom stereocenters. The Morgan fingerprint density at radius 2 is 1.96 bits per heavy atom. The monoisotopic (exact) mass is 348 g/mol. The average molecular weight is 348 g/mol. The first-order valence-corrected chi connectivity index (χ1v) is 8.51. The molecule has 0 aliphatic carbocycles. The molecule has 2 aromatic heterocycles. The molecular formula is C19H20N6O. The molecule has 0 N–H and O–H groups in total. The molecular weight excluding hydrogens is 328 g/mol. The summed E-state index contributed by atoms with van der Waals surface area (Å²) >= 11 is 0. The minimum absolute atomic E-state index is 0.147. The summed E-state index contributed by atoms with van der Waals surface area (Å²) in [7, 11) is 0. The highest BCUT2D eigenvalue weighted by molar-refractivity contribution is 5.90. The van der Waals surface area contributed by atoms with Crippen LogP contribution in [0.1, 0.15) is 46.5 Å². The number of nitriles is 1. The van der Waals surface area contributed by atoms with Crippen molar-refractivity contribution in [2.75, 3.05) is 6.54 Å². The lowest BCUT2D eigenvalue weighted by molar-refractivity contribution is 0.0731. The van der Waals surface area contributed by atoms with Gasteiger partial charge in [-0.2, -0.15) is 10.2 Å². The van der Waals surface area contributed by atoms with E-state index in [0.717, 1.165) is 23.4 Å². The quantitative estimate of drug-likeness (QED) is 0.707. The number of aryl methyl sites for hydroxylation is 2. The first-order valence-electron chi connectivity index (χ1n) is 8.51. The van der Waals surface area contributed by atoms with Crippen molar-refractivity contribution in [1.82, 2.24) is 24.5 Å². The fraction of sp³-hybridized carbons (Fsp3) is 0.316. The Labute approximate surface area is 151 Å². The number of nitrogens with zero attached hydrogens (tertiary/aromatic N) is 6. The molecule has 0 unspecified atom stereocenters. The van der Waals surface area contributed by atoms with Crippen LogP contribution >= 0.6 is 0 Å². The molecule has 1 amide bonds. The largest absolute Gasteiger partial charge is 0.332 e. The van der Waals surface area contributed by atoms with Gasteiger partial charge in [0.05, 0.1) is 11.6 Å². The molecule has 3 aromatic rings. The van der Waals surface area contributed by atoms with Gasteiger partial charge in [0, 0.05) is 24.5 Å². The van der Waals surface area contributed by atoms with Crippen LogP contribution < -0.4 is 0 Å². The van der Waals surface area contributed by atoms with E-state index in [1.807, 2.05) is 39.0 Å². The van der Waals surface area contributed by atoms with E-state index < -0.39 is 0 Å². The van der Waals surface area contributed by atoms with Crippen molar-refractivity contribution in [2.24, 2.45) is 0 Å². The number of aromatic nitrogens is 4. The van der Waals surface area contributed by atoms with Crippen LogP contribution in [0.2, 0.25) is 0 Å². The summed E-state index contributed by atoms with van der Waals surface area (Å²) in [6.07, 6.45) is 0.825. The molecule has 26 heavy (non-hydrogen) atoms. The molecule has 0 spiro atoms. The van der Waals surface area contributed by atoms with Crippen LogP contribution in [0.15, 0.2) is 30.3 Å². The molecule has 0 saturated heterocycles. The second-order valence-electron chi connectivity index (χ2n) is 6.22. The Balaban J connectivity index is 1.88. The van der Waals surface area contributed by atoms with Gasteiger partial charge < -0.3 is 4.90 Å². The van der Waals surface area contributed by atoms with E-state index in [4.69, 9.17) is 5.26 Å². The zero-order chi connectivity index (χ0) is 18.7. The van der Waals surface area contributed by atoms with E-state index in [1.165, 1.54) is 0 Å². The number of benzene rings is 1. The molecule has 0 aliphatic rings. The molecule has 0 bridgehead atoms. The van der Waals surface area contributed by atoms with E-state index in [9.17, 15) is 4.79 Å². The van der Waals surface area contributed by atoms with Gasteiger partial charge in [0.2, 0.25) is 5.82 Å². The Morgan fingerprint density at radius 3 is 2.62 bits per heavy atom. The number of rotatable bonds is 5. The summed E-state index contributed by atoms with van der Waals surface area (Å²) in [6, 6.07) is 11.2. The van der Waals surface area contributed by atoms with Crippen molar-refractivity contribution in [3.05, 3.63) is 58.7 Å². The first-order chi connectivity index (χ1) is 12.5. The van der Waals surface area contributed by atoms with E-state index in [0.29, 0.717) is 24.4 Å². The predicted molar refractivity (Wildman–Crippen MR) is 96.4 cm³/mol.